The summed E-state index contributed by atoms with van der Waals surface area (Å²) < 4.78 is 22.8. The van der Waals surface area contributed by atoms with Crippen molar-refractivity contribution in [2.45, 2.75) is 32.9 Å². The zero-order chi connectivity index (χ0) is 25.9. The molecular formula is C28H28FN5O3. The first kappa shape index (κ1) is 24.3. The largest absolute Gasteiger partial charge is 0.465 e. The van der Waals surface area contributed by atoms with Gasteiger partial charge in [-0.25, -0.2) is 13.9 Å². The fourth-order valence-electron chi connectivity index (χ4n) is 4.81. The van der Waals surface area contributed by atoms with Crippen molar-refractivity contribution >= 4 is 12.0 Å². The summed E-state index contributed by atoms with van der Waals surface area (Å²) in [6, 6.07) is 18.9. The van der Waals surface area contributed by atoms with Crippen LogP contribution < -0.4 is 5.32 Å². The molecule has 1 N–H and O–H groups in total. The predicted octanol–water partition coefficient (Wildman–Crippen LogP) is 4.54. The average Bonchev–Trinajstić information content (AvgIpc) is 3.50. The van der Waals surface area contributed by atoms with Gasteiger partial charge in [-0.3, -0.25) is 4.79 Å². The Balaban J connectivity index is 1.67. The molecule has 1 atom stereocenters. The van der Waals surface area contributed by atoms with E-state index in [2.05, 4.69) is 5.32 Å². The second-order valence-electron chi connectivity index (χ2n) is 8.70. The fourth-order valence-corrected chi connectivity index (χ4v) is 4.81. The zero-order valence-electron chi connectivity index (χ0n) is 20.7. The summed E-state index contributed by atoms with van der Waals surface area (Å²) in [4.78, 5) is 27.3. The van der Waals surface area contributed by atoms with E-state index in [4.69, 9.17) is 9.84 Å². The number of para-hydroxylation sites is 1. The third-order valence-corrected chi connectivity index (χ3v) is 6.44. The van der Waals surface area contributed by atoms with Gasteiger partial charge in [0.05, 0.1) is 36.3 Å². The molecule has 0 saturated heterocycles. The molecule has 37 heavy (non-hydrogen) atoms. The normalized spacial score (nSPS) is 14.5. The summed E-state index contributed by atoms with van der Waals surface area (Å²) in [5, 5.41) is 7.62. The van der Waals surface area contributed by atoms with E-state index < -0.39 is 18.0 Å². The second kappa shape index (κ2) is 10.3. The molecule has 2 aromatic heterocycles. The first-order valence-corrected chi connectivity index (χ1v) is 12.3. The van der Waals surface area contributed by atoms with Gasteiger partial charge in [0.1, 0.15) is 18.2 Å². The van der Waals surface area contributed by atoms with Crippen molar-refractivity contribution in [2.75, 3.05) is 13.2 Å². The highest BCUT2D eigenvalue weighted by Gasteiger charge is 2.36. The molecule has 2 amide bonds. The van der Waals surface area contributed by atoms with Crippen LogP contribution in [0.5, 0.6) is 0 Å². The van der Waals surface area contributed by atoms with Crippen molar-refractivity contribution in [2.24, 2.45) is 0 Å². The predicted molar refractivity (Wildman–Crippen MR) is 136 cm³/mol. The number of esters is 1. The van der Waals surface area contributed by atoms with Crippen LogP contribution in [0.15, 0.2) is 72.9 Å². The summed E-state index contributed by atoms with van der Waals surface area (Å²) in [6.45, 7) is 3.96. The summed E-state index contributed by atoms with van der Waals surface area (Å²) in [5.74, 6) is -0.0302. The molecule has 3 heterocycles. The average molecular weight is 502 g/mol. The van der Waals surface area contributed by atoms with E-state index in [1.807, 2.05) is 64.8 Å². The Bertz CT molecular complexity index is 1410. The molecular weight excluding hydrogens is 473 g/mol. The number of urea groups is 1. The topological polar surface area (TPSA) is 81.4 Å². The van der Waals surface area contributed by atoms with Gasteiger partial charge in [0.15, 0.2) is 0 Å². The van der Waals surface area contributed by atoms with Gasteiger partial charge >= 0.3 is 12.0 Å². The van der Waals surface area contributed by atoms with E-state index in [1.54, 1.807) is 24.0 Å². The minimum absolute atomic E-state index is 0.228. The highest BCUT2D eigenvalue weighted by atomic mass is 19.1. The summed E-state index contributed by atoms with van der Waals surface area (Å²) in [6.07, 6.45) is 2.61. The number of aryl methyl sites for hydroxylation is 1. The number of aromatic nitrogens is 3. The second-order valence-corrected chi connectivity index (χ2v) is 8.70. The van der Waals surface area contributed by atoms with Crippen LogP contribution >= 0.6 is 0 Å². The van der Waals surface area contributed by atoms with E-state index in [9.17, 15) is 14.0 Å². The number of rotatable bonds is 6. The van der Waals surface area contributed by atoms with E-state index in [0.717, 1.165) is 34.0 Å². The van der Waals surface area contributed by atoms with Gasteiger partial charge in [0.25, 0.3) is 0 Å². The lowest BCUT2D eigenvalue weighted by Crippen LogP contribution is -2.44. The van der Waals surface area contributed by atoms with E-state index in [1.165, 1.54) is 12.1 Å². The number of benzene rings is 2. The minimum Gasteiger partial charge on any atom is -0.465 e. The number of ether oxygens (including phenoxy) is 1. The highest BCUT2D eigenvalue weighted by molar-refractivity contribution is 5.81. The maximum atomic E-state index is 13.9. The zero-order valence-corrected chi connectivity index (χ0v) is 20.7. The molecule has 9 heteroatoms. The van der Waals surface area contributed by atoms with E-state index >= 15 is 0 Å². The first-order chi connectivity index (χ1) is 18.0. The molecule has 0 saturated carbocycles. The van der Waals surface area contributed by atoms with Crippen molar-refractivity contribution in [1.82, 2.24) is 24.6 Å². The van der Waals surface area contributed by atoms with Gasteiger partial charge < -0.3 is 19.5 Å². The van der Waals surface area contributed by atoms with Crippen LogP contribution in [0, 0.1) is 5.82 Å². The SMILES string of the molecule is CCOC(=O)CNC(=O)N1Cc2c(CC)nn(-c3ccccc3)c2-n2cccc2[C@H]1c1ccc(F)cc1. The van der Waals surface area contributed by atoms with E-state index in [-0.39, 0.29) is 25.5 Å². The molecule has 0 spiro atoms. The van der Waals surface area contributed by atoms with Crippen LogP contribution in [0.3, 0.4) is 0 Å². The van der Waals surface area contributed by atoms with Crippen LogP contribution in [0.25, 0.3) is 11.5 Å². The Kier molecular flexibility index (Phi) is 6.76. The van der Waals surface area contributed by atoms with Crippen molar-refractivity contribution in [1.29, 1.82) is 0 Å². The number of hydrogen-bond acceptors (Lipinski definition) is 4. The van der Waals surface area contributed by atoms with Gasteiger partial charge in [-0.15, -0.1) is 0 Å². The monoisotopic (exact) mass is 501 g/mol. The Morgan fingerprint density at radius 1 is 1.05 bits per heavy atom. The van der Waals surface area contributed by atoms with Crippen molar-refractivity contribution in [3.8, 4) is 11.5 Å². The minimum atomic E-state index is -0.542. The van der Waals surface area contributed by atoms with Crippen molar-refractivity contribution in [3.63, 3.8) is 0 Å². The summed E-state index contributed by atoms with van der Waals surface area (Å²) >= 11 is 0. The molecule has 4 aromatic rings. The Morgan fingerprint density at radius 2 is 1.81 bits per heavy atom. The standard InChI is InChI=1S/C28H28FN5O3/c1-3-23-22-18-33(28(36)30-17-25(35)37-4-2)26(19-12-14-20(29)15-13-19)24-11-8-16-32(24)27(22)34(31-23)21-9-6-5-7-10-21/h5-16,26H,3-4,17-18H2,1-2H3,(H,30,36)/t26-/m1/s1. The van der Waals surface area contributed by atoms with Crippen LogP contribution in [0.2, 0.25) is 0 Å². The van der Waals surface area contributed by atoms with Gasteiger partial charge in [-0.05, 0) is 55.3 Å². The molecule has 1 aliphatic rings. The Labute approximate surface area is 214 Å². The molecule has 190 valence electrons. The molecule has 0 unspecified atom stereocenters. The van der Waals surface area contributed by atoms with Gasteiger partial charge in [0.2, 0.25) is 0 Å². The molecule has 5 rings (SSSR count). The smallest absolute Gasteiger partial charge is 0.325 e. The molecule has 1 aliphatic heterocycles. The number of carbonyl (C=O) groups is 2. The number of carbonyl (C=O) groups excluding carboxylic acids is 2. The highest BCUT2D eigenvalue weighted by Crippen LogP contribution is 2.38. The maximum absolute atomic E-state index is 13.9. The lowest BCUT2D eigenvalue weighted by molar-refractivity contribution is -0.141. The lowest BCUT2D eigenvalue weighted by atomic mass is 10.0. The fraction of sp³-hybridized carbons (Fsp3) is 0.250. The van der Waals surface area contributed by atoms with Crippen molar-refractivity contribution in [3.05, 3.63) is 101 Å². The van der Waals surface area contributed by atoms with Gasteiger partial charge in [-0.1, -0.05) is 37.3 Å². The van der Waals surface area contributed by atoms with Crippen LogP contribution in [0.4, 0.5) is 9.18 Å². The summed E-state index contributed by atoms with van der Waals surface area (Å²) in [5.41, 5.74) is 4.23. The number of fused-ring (bicyclic) bond motifs is 3. The number of hydrogen-bond donors (Lipinski definition) is 1. The third kappa shape index (κ3) is 4.60. The first-order valence-electron chi connectivity index (χ1n) is 12.3. The van der Waals surface area contributed by atoms with Gasteiger partial charge in [0, 0.05) is 11.8 Å². The van der Waals surface area contributed by atoms with Crippen LogP contribution in [-0.2, 0) is 22.5 Å². The number of nitrogens with zero attached hydrogens (tertiary/aromatic N) is 4. The molecule has 0 bridgehead atoms. The van der Waals surface area contributed by atoms with Crippen LogP contribution in [-0.4, -0.2) is 44.4 Å². The van der Waals surface area contributed by atoms with Crippen molar-refractivity contribution < 1.29 is 18.7 Å². The molecule has 8 nitrogen and oxygen atoms in total. The number of halogens is 1. The summed E-state index contributed by atoms with van der Waals surface area (Å²) in [7, 11) is 0. The number of nitrogens with one attached hydrogen (secondary N) is 1. The molecule has 0 radical (unpaired) electrons. The van der Waals surface area contributed by atoms with Crippen LogP contribution in [0.1, 0.15) is 42.4 Å². The molecule has 2 aromatic carbocycles. The maximum Gasteiger partial charge on any atom is 0.325 e. The van der Waals surface area contributed by atoms with Gasteiger partial charge in [-0.2, -0.15) is 5.10 Å². The molecule has 0 aliphatic carbocycles. The number of amides is 2. The van der Waals surface area contributed by atoms with E-state index in [0.29, 0.717) is 6.42 Å². The quantitative estimate of drug-likeness (QED) is 0.393. The molecule has 0 fully saturated rings. The Morgan fingerprint density at radius 3 is 2.51 bits per heavy atom. The lowest BCUT2D eigenvalue weighted by Gasteiger charge is -2.31. The Hall–Kier alpha value is -4.40. The third-order valence-electron chi connectivity index (χ3n) is 6.44.